The highest BCUT2D eigenvalue weighted by molar-refractivity contribution is 5.79. The van der Waals surface area contributed by atoms with Crippen molar-refractivity contribution in [2.45, 2.75) is 30.6 Å². The van der Waals surface area contributed by atoms with Gasteiger partial charge >= 0.3 is 0 Å². The van der Waals surface area contributed by atoms with E-state index in [9.17, 15) is 20.4 Å². The lowest BCUT2D eigenvalue weighted by Gasteiger charge is -2.42. The van der Waals surface area contributed by atoms with Gasteiger partial charge < -0.3 is 25.2 Å². The summed E-state index contributed by atoms with van der Waals surface area (Å²) >= 11 is 0. The number of benzene rings is 1. The molecule has 20 heavy (non-hydrogen) atoms. The predicted octanol–water partition coefficient (Wildman–Crippen LogP) is -1.21. The largest absolute Gasteiger partial charge is 0.463 e. The van der Waals surface area contributed by atoms with Gasteiger partial charge in [-0.2, -0.15) is 4.99 Å². The molecule has 2 aliphatic rings. The second-order valence-corrected chi connectivity index (χ2v) is 4.90. The van der Waals surface area contributed by atoms with E-state index in [0.29, 0.717) is 5.69 Å². The maximum atomic E-state index is 10.0. The molecule has 0 bridgehead atoms. The van der Waals surface area contributed by atoms with E-state index in [0.717, 1.165) is 0 Å². The molecule has 2 aliphatic heterocycles. The van der Waals surface area contributed by atoms with E-state index in [1.807, 2.05) is 18.2 Å². The highest BCUT2D eigenvalue weighted by Crippen LogP contribution is 2.29. The van der Waals surface area contributed by atoms with Crippen molar-refractivity contribution in [3.05, 3.63) is 30.3 Å². The molecule has 2 heterocycles. The lowest BCUT2D eigenvalue weighted by atomic mass is 9.94. The van der Waals surface area contributed by atoms with Crippen LogP contribution in [0.25, 0.3) is 0 Å². The molecule has 1 aromatic carbocycles. The summed E-state index contributed by atoms with van der Waals surface area (Å²) in [6.07, 6.45) is -5.48. The van der Waals surface area contributed by atoms with Gasteiger partial charge in [0.15, 0.2) is 6.23 Å². The third-order valence-electron chi connectivity index (χ3n) is 3.63. The average Bonchev–Trinajstić information content (AvgIpc) is 2.88. The number of rotatable bonds is 1. The number of piperidine rings is 1. The van der Waals surface area contributed by atoms with E-state index >= 15 is 0 Å². The molecule has 108 valence electrons. The number of para-hydroxylation sites is 1. The van der Waals surface area contributed by atoms with Crippen LogP contribution in [0.1, 0.15) is 0 Å². The minimum Gasteiger partial charge on any atom is -0.463 e. The topological polar surface area (TPSA) is 106 Å². The number of aliphatic imine (C=N–C) groups is 1. The number of fused-ring (bicyclic) bond motifs is 1. The number of hydrogen-bond donors (Lipinski definition) is 4. The molecule has 0 radical (unpaired) electrons. The smallest absolute Gasteiger partial charge is 0.295 e. The first-order chi connectivity index (χ1) is 9.59. The molecular weight excluding hydrogens is 264 g/mol. The fourth-order valence-electron chi connectivity index (χ4n) is 2.50. The average molecular weight is 280 g/mol. The summed E-state index contributed by atoms with van der Waals surface area (Å²) in [6, 6.07) is 8.49. The summed E-state index contributed by atoms with van der Waals surface area (Å²) in [7, 11) is 0. The fraction of sp³-hybridized carbons (Fsp3) is 0.462. The van der Waals surface area contributed by atoms with Crippen molar-refractivity contribution in [1.82, 2.24) is 4.90 Å². The molecule has 7 heteroatoms. The van der Waals surface area contributed by atoms with Crippen LogP contribution in [0, 0.1) is 0 Å². The molecule has 0 amide bonds. The molecule has 5 atom stereocenters. The summed E-state index contributed by atoms with van der Waals surface area (Å²) < 4.78 is 5.38. The van der Waals surface area contributed by atoms with Crippen molar-refractivity contribution in [2.75, 3.05) is 6.61 Å². The molecule has 0 aromatic heterocycles. The Labute approximate surface area is 115 Å². The molecule has 3 rings (SSSR count). The molecular formula is C13H16N2O5. The predicted molar refractivity (Wildman–Crippen MR) is 69.1 cm³/mol. The van der Waals surface area contributed by atoms with Crippen molar-refractivity contribution >= 4 is 11.7 Å². The summed E-state index contributed by atoms with van der Waals surface area (Å²) in [5, 5.41) is 39.3. The number of ether oxygens (including phenoxy) is 1. The third kappa shape index (κ3) is 2.04. The van der Waals surface area contributed by atoms with E-state index in [1.54, 1.807) is 12.1 Å². The maximum absolute atomic E-state index is 10.0. The Morgan fingerprint density at radius 2 is 1.70 bits per heavy atom. The van der Waals surface area contributed by atoms with Crippen LogP contribution in [0.15, 0.2) is 35.3 Å². The molecule has 2 fully saturated rings. The van der Waals surface area contributed by atoms with Crippen LogP contribution in [-0.2, 0) is 4.74 Å². The van der Waals surface area contributed by atoms with Gasteiger partial charge in [0.25, 0.3) is 6.02 Å². The van der Waals surface area contributed by atoms with Crippen LogP contribution in [0.3, 0.4) is 0 Å². The Balaban J connectivity index is 1.91. The molecule has 0 saturated carbocycles. The van der Waals surface area contributed by atoms with Gasteiger partial charge in [-0.15, -0.1) is 0 Å². The second-order valence-electron chi connectivity index (χ2n) is 4.90. The zero-order chi connectivity index (χ0) is 14.3. The zero-order valence-electron chi connectivity index (χ0n) is 10.6. The van der Waals surface area contributed by atoms with Gasteiger partial charge in [0, 0.05) is 0 Å². The van der Waals surface area contributed by atoms with Gasteiger partial charge in [-0.1, -0.05) is 18.2 Å². The molecule has 1 aromatic rings. The van der Waals surface area contributed by atoms with Crippen molar-refractivity contribution in [3.8, 4) is 0 Å². The van der Waals surface area contributed by atoms with Crippen LogP contribution in [0.4, 0.5) is 5.69 Å². The third-order valence-corrected chi connectivity index (χ3v) is 3.63. The first-order valence-electron chi connectivity index (χ1n) is 6.37. The first kappa shape index (κ1) is 13.3. The van der Waals surface area contributed by atoms with Crippen molar-refractivity contribution in [2.24, 2.45) is 4.99 Å². The van der Waals surface area contributed by atoms with Gasteiger partial charge in [-0.3, -0.25) is 4.90 Å². The van der Waals surface area contributed by atoms with Crippen LogP contribution < -0.4 is 0 Å². The number of amidine groups is 1. The Bertz CT molecular complexity index is 509. The first-order valence-corrected chi connectivity index (χ1v) is 6.37. The minimum absolute atomic E-state index is 0.0909. The maximum Gasteiger partial charge on any atom is 0.295 e. The summed E-state index contributed by atoms with van der Waals surface area (Å²) in [6.45, 7) is 0.0909. The monoisotopic (exact) mass is 280 g/mol. The van der Waals surface area contributed by atoms with Gasteiger partial charge in [0.1, 0.15) is 24.9 Å². The number of aliphatic hydroxyl groups excluding tert-OH is 4. The minimum atomic E-state index is -1.48. The molecule has 7 nitrogen and oxygen atoms in total. The normalized spacial score (nSPS) is 38.7. The van der Waals surface area contributed by atoms with Crippen LogP contribution >= 0.6 is 0 Å². The van der Waals surface area contributed by atoms with E-state index in [1.165, 1.54) is 4.90 Å². The van der Waals surface area contributed by atoms with E-state index < -0.39 is 30.6 Å². The lowest BCUT2D eigenvalue weighted by Crippen LogP contribution is -2.65. The summed E-state index contributed by atoms with van der Waals surface area (Å²) in [5.74, 6) is 0. The van der Waals surface area contributed by atoms with Crippen molar-refractivity contribution < 1.29 is 25.2 Å². The van der Waals surface area contributed by atoms with E-state index in [4.69, 9.17) is 4.74 Å². The van der Waals surface area contributed by atoms with Crippen LogP contribution in [0.2, 0.25) is 0 Å². The molecule has 5 unspecified atom stereocenters. The van der Waals surface area contributed by atoms with Crippen molar-refractivity contribution in [3.63, 3.8) is 0 Å². The van der Waals surface area contributed by atoms with Gasteiger partial charge in [-0.05, 0) is 12.1 Å². The Hall–Kier alpha value is -1.67. The van der Waals surface area contributed by atoms with E-state index in [-0.39, 0.29) is 12.6 Å². The molecule has 0 spiro atoms. The molecule has 2 saturated heterocycles. The SMILES string of the molecule is OC1C(O)C(O)N2C(=Nc3ccccc3)OCC2C1O. The number of hydrogen-bond acceptors (Lipinski definition) is 6. The van der Waals surface area contributed by atoms with Gasteiger partial charge in [-0.25, -0.2) is 0 Å². The van der Waals surface area contributed by atoms with Gasteiger partial charge in [0.05, 0.1) is 11.7 Å². The highest BCUT2D eigenvalue weighted by Gasteiger charge is 2.52. The molecule has 0 aliphatic carbocycles. The highest BCUT2D eigenvalue weighted by atomic mass is 16.5. The van der Waals surface area contributed by atoms with Crippen LogP contribution in [-0.4, -0.2) is 68.5 Å². The Morgan fingerprint density at radius 1 is 1.00 bits per heavy atom. The number of aliphatic hydroxyl groups is 4. The Kier molecular flexibility index (Phi) is 3.35. The van der Waals surface area contributed by atoms with Gasteiger partial charge in [0.2, 0.25) is 0 Å². The van der Waals surface area contributed by atoms with Crippen molar-refractivity contribution in [1.29, 1.82) is 0 Å². The molecule has 4 N–H and O–H groups in total. The fourth-order valence-corrected chi connectivity index (χ4v) is 2.50. The quantitative estimate of drug-likeness (QED) is 0.514. The standard InChI is InChI=1S/C13H16N2O5/c16-9-8-6-20-13(14-7-4-2-1-3-5-7)15(8)12(19)11(18)10(9)17/h1-5,8-12,16-19H,6H2. The van der Waals surface area contributed by atoms with Crippen LogP contribution in [0.5, 0.6) is 0 Å². The lowest BCUT2D eigenvalue weighted by molar-refractivity contribution is -0.190. The number of nitrogens with zero attached hydrogens (tertiary/aromatic N) is 2. The zero-order valence-corrected chi connectivity index (χ0v) is 10.6. The Morgan fingerprint density at radius 3 is 2.40 bits per heavy atom. The second kappa shape index (κ2) is 5.02. The summed E-state index contributed by atoms with van der Waals surface area (Å²) in [4.78, 5) is 5.54. The summed E-state index contributed by atoms with van der Waals surface area (Å²) in [5.41, 5.74) is 0.630. The van der Waals surface area contributed by atoms with E-state index in [2.05, 4.69) is 4.99 Å².